The van der Waals surface area contributed by atoms with Crippen LogP contribution in [0.4, 0.5) is 0 Å². The maximum atomic E-state index is 11.8. The molecular formula is C12H13BrN4O. The molecule has 2 rings (SSSR count). The molecule has 0 unspecified atom stereocenters. The summed E-state index contributed by atoms with van der Waals surface area (Å²) < 4.78 is 2.63. The summed E-state index contributed by atoms with van der Waals surface area (Å²) in [7, 11) is 1.87. The third kappa shape index (κ3) is 2.76. The number of carbonyl (C=O) groups is 1. The van der Waals surface area contributed by atoms with Gasteiger partial charge in [-0.05, 0) is 35.0 Å². The highest BCUT2D eigenvalue weighted by Gasteiger charge is 2.09. The number of amides is 1. The van der Waals surface area contributed by atoms with Gasteiger partial charge in [0.1, 0.15) is 5.69 Å². The number of rotatable bonds is 3. The molecule has 2 aromatic heterocycles. The zero-order chi connectivity index (χ0) is 13.1. The first-order chi connectivity index (χ1) is 8.58. The maximum absolute atomic E-state index is 11.8. The minimum atomic E-state index is -0.189. The van der Waals surface area contributed by atoms with Crippen molar-refractivity contribution in [3.63, 3.8) is 0 Å². The van der Waals surface area contributed by atoms with Crippen molar-refractivity contribution in [1.82, 2.24) is 20.1 Å². The Bertz CT molecular complexity index is 562. The van der Waals surface area contributed by atoms with Crippen LogP contribution >= 0.6 is 15.9 Å². The predicted octanol–water partition coefficient (Wildman–Crippen LogP) is 1.82. The highest BCUT2D eigenvalue weighted by molar-refractivity contribution is 9.10. The SMILES string of the molecule is Cc1c(CNC(=O)c2ccc(Br)cn2)cnn1C. The number of hydrogen-bond donors (Lipinski definition) is 1. The summed E-state index contributed by atoms with van der Waals surface area (Å²) in [5, 5.41) is 6.94. The summed E-state index contributed by atoms with van der Waals surface area (Å²) in [6.07, 6.45) is 3.36. The largest absolute Gasteiger partial charge is 0.346 e. The summed E-state index contributed by atoms with van der Waals surface area (Å²) in [6, 6.07) is 3.47. The molecule has 94 valence electrons. The fourth-order valence-corrected chi connectivity index (χ4v) is 1.73. The molecule has 0 aliphatic carbocycles. The predicted molar refractivity (Wildman–Crippen MR) is 71.1 cm³/mol. The summed E-state index contributed by atoms with van der Waals surface area (Å²) in [5.74, 6) is -0.189. The zero-order valence-electron chi connectivity index (χ0n) is 10.1. The molecule has 1 N–H and O–H groups in total. The van der Waals surface area contributed by atoms with E-state index in [0.29, 0.717) is 12.2 Å². The lowest BCUT2D eigenvalue weighted by molar-refractivity contribution is 0.0946. The Kier molecular flexibility index (Phi) is 3.76. The molecule has 0 fully saturated rings. The Labute approximate surface area is 113 Å². The Morgan fingerprint density at radius 3 is 2.78 bits per heavy atom. The molecule has 0 bridgehead atoms. The number of hydrogen-bond acceptors (Lipinski definition) is 3. The van der Waals surface area contributed by atoms with Gasteiger partial charge in [0.25, 0.3) is 5.91 Å². The molecule has 0 radical (unpaired) electrons. The van der Waals surface area contributed by atoms with Gasteiger partial charge in [-0.2, -0.15) is 5.10 Å². The van der Waals surface area contributed by atoms with Crippen LogP contribution in [0, 0.1) is 6.92 Å². The average Bonchev–Trinajstić information content (AvgIpc) is 2.68. The molecule has 0 atom stereocenters. The van der Waals surface area contributed by atoms with Crippen LogP contribution in [-0.4, -0.2) is 20.7 Å². The van der Waals surface area contributed by atoms with E-state index in [9.17, 15) is 4.79 Å². The first kappa shape index (κ1) is 12.8. The molecule has 0 aliphatic rings. The number of nitrogens with one attached hydrogen (secondary N) is 1. The standard InChI is InChI=1S/C12H13BrN4O/c1-8-9(6-16-17(8)2)5-15-12(18)11-4-3-10(13)7-14-11/h3-4,6-7H,5H2,1-2H3,(H,15,18). The van der Waals surface area contributed by atoms with Crippen molar-refractivity contribution in [2.75, 3.05) is 0 Å². The van der Waals surface area contributed by atoms with Gasteiger partial charge in [0.05, 0.1) is 6.20 Å². The van der Waals surface area contributed by atoms with Gasteiger partial charge >= 0.3 is 0 Å². The lowest BCUT2D eigenvalue weighted by Crippen LogP contribution is -2.23. The number of aromatic nitrogens is 3. The van der Waals surface area contributed by atoms with E-state index in [1.807, 2.05) is 14.0 Å². The lowest BCUT2D eigenvalue weighted by atomic mass is 10.2. The van der Waals surface area contributed by atoms with Gasteiger partial charge in [-0.15, -0.1) is 0 Å². The van der Waals surface area contributed by atoms with Gasteiger partial charge in [0.2, 0.25) is 0 Å². The highest BCUT2D eigenvalue weighted by Crippen LogP contribution is 2.08. The minimum absolute atomic E-state index is 0.189. The topological polar surface area (TPSA) is 59.8 Å². The maximum Gasteiger partial charge on any atom is 0.270 e. The van der Waals surface area contributed by atoms with Crippen LogP contribution < -0.4 is 5.32 Å². The third-order valence-corrected chi connectivity index (χ3v) is 3.21. The fourth-order valence-electron chi connectivity index (χ4n) is 1.49. The van der Waals surface area contributed by atoms with Crippen molar-refractivity contribution in [2.24, 2.45) is 7.05 Å². The van der Waals surface area contributed by atoms with Crippen LogP contribution in [0.5, 0.6) is 0 Å². The zero-order valence-corrected chi connectivity index (χ0v) is 11.7. The van der Waals surface area contributed by atoms with Gasteiger partial charge in [0, 0.05) is 35.5 Å². The van der Waals surface area contributed by atoms with Crippen LogP contribution in [0.3, 0.4) is 0 Å². The molecule has 5 nitrogen and oxygen atoms in total. The number of nitrogens with zero attached hydrogens (tertiary/aromatic N) is 3. The first-order valence-electron chi connectivity index (χ1n) is 5.45. The number of carbonyl (C=O) groups excluding carboxylic acids is 1. The molecule has 0 spiro atoms. The molecule has 2 heterocycles. The molecule has 0 saturated carbocycles. The highest BCUT2D eigenvalue weighted by atomic mass is 79.9. The van der Waals surface area contributed by atoms with Gasteiger partial charge in [-0.25, -0.2) is 4.98 Å². The smallest absolute Gasteiger partial charge is 0.270 e. The van der Waals surface area contributed by atoms with Crippen LogP contribution in [0.2, 0.25) is 0 Å². The van der Waals surface area contributed by atoms with Gasteiger partial charge in [-0.3, -0.25) is 9.48 Å². The second-order valence-electron chi connectivity index (χ2n) is 3.92. The van der Waals surface area contributed by atoms with E-state index >= 15 is 0 Å². The molecule has 0 aromatic carbocycles. The van der Waals surface area contributed by atoms with Gasteiger partial charge in [-0.1, -0.05) is 0 Å². The van der Waals surface area contributed by atoms with Crippen molar-refractivity contribution in [2.45, 2.75) is 13.5 Å². The van der Waals surface area contributed by atoms with E-state index in [1.54, 1.807) is 29.2 Å². The van der Waals surface area contributed by atoms with E-state index in [2.05, 4.69) is 31.3 Å². The number of pyridine rings is 1. The molecular weight excluding hydrogens is 296 g/mol. The van der Waals surface area contributed by atoms with Crippen LogP contribution in [0.25, 0.3) is 0 Å². The second-order valence-corrected chi connectivity index (χ2v) is 4.84. The Balaban J connectivity index is 2.00. The van der Waals surface area contributed by atoms with Crippen molar-refractivity contribution >= 4 is 21.8 Å². The van der Waals surface area contributed by atoms with E-state index in [0.717, 1.165) is 15.7 Å². The normalized spacial score (nSPS) is 10.4. The van der Waals surface area contributed by atoms with Gasteiger partial charge < -0.3 is 5.32 Å². The number of aryl methyl sites for hydroxylation is 1. The fraction of sp³-hybridized carbons (Fsp3) is 0.250. The molecule has 1 amide bonds. The quantitative estimate of drug-likeness (QED) is 0.941. The molecule has 6 heteroatoms. The first-order valence-corrected chi connectivity index (χ1v) is 6.24. The Morgan fingerprint density at radius 1 is 1.44 bits per heavy atom. The summed E-state index contributed by atoms with van der Waals surface area (Å²) >= 11 is 3.28. The molecule has 0 saturated heterocycles. The van der Waals surface area contributed by atoms with Crippen LogP contribution in [0.1, 0.15) is 21.7 Å². The second kappa shape index (κ2) is 5.30. The monoisotopic (exact) mass is 308 g/mol. The lowest BCUT2D eigenvalue weighted by Gasteiger charge is -2.04. The van der Waals surface area contributed by atoms with Crippen molar-refractivity contribution in [1.29, 1.82) is 0 Å². The minimum Gasteiger partial charge on any atom is -0.346 e. The summed E-state index contributed by atoms with van der Waals surface area (Å²) in [6.45, 7) is 2.42. The summed E-state index contributed by atoms with van der Waals surface area (Å²) in [5.41, 5.74) is 2.45. The van der Waals surface area contributed by atoms with Crippen LogP contribution in [-0.2, 0) is 13.6 Å². The van der Waals surface area contributed by atoms with E-state index in [-0.39, 0.29) is 5.91 Å². The van der Waals surface area contributed by atoms with Gasteiger partial charge in [0.15, 0.2) is 0 Å². The Morgan fingerprint density at radius 2 is 2.22 bits per heavy atom. The number of halogens is 1. The molecule has 18 heavy (non-hydrogen) atoms. The molecule has 0 aliphatic heterocycles. The van der Waals surface area contributed by atoms with Crippen molar-refractivity contribution in [3.05, 3.63) is 46.0 Å². The van der Waals surface area contributed by atoms with Crippen molar-refractivity contribution < 1.29 is 4.79 Å². The van der Waals surface area contributed by atoms with Crippen molar-refractivity contribution in [3.8, 4) is 0 Å². The average molecular weight is 309 g/mol. The van der Waals surface area contributed by atoms with E-state index < -0.39 is 0 Å². The van der Waals surface area contributed by atoms with E-state index in [4.69, 9.17) is 0 Å². The summed E-state index contributed by atoms with van der Waals surface area (Å²) in [4.78, 5) is 15.9. The molecule has 2 aromatic rings. The van der Waals surface area contributed by atoms with Crippen LogP contribution in [0.15, 0.2) is 29.0 Å². The Hall–Kier alpha value is -1.69. The van der Waals surface area contributed by atoms with E-state index in [1.165, 1.54) is 0 Å². The third-order valence-electron chi connectivity index (χ3n) is 2.74.